The molecule has 0 atom stereocenters. The van der Waals surface area contributed by atoms with Gasteiger partial charge in [-0.15, -0.1) is 0 Å². The van der Waals surface area contributed by atoms with E-state index in [1.807, 2.05) is 12.1 Å². The van der Waals surface area contributed by atoms with E-state index in [9.17, 15) is 8.42 Å². The number of aromatic nitrogens is 4. The predicted molar refractivity (Wildman–Crippen MR) is 107 cm³/mol. The van der Waals surface area contributed by atoms with Crippen molar-refractivity contribution in [3.8, 4) is 11.3 Å². The summed E-state index contributed by atoms with van der Waals surface area (Å²) in [5.74, 6) is 0.610. The number of nitrogens with zero attached hydrogens (tertiary/aromatic N) is 3. The van der Waals surface area contributed by atoms with Crippen LogP contribution in [0.4, 0.5) is 5.82 Å². The average molecular weight is 415 g/mol. The number of H-pyrrole nitrogens is 1. The summed E-state index contributed by atoms with van der Waals surface area (Å²) < 4.78 is 23.0. The van der Waals surface area contributed by atoms with E-state index in [0.717, 1.165) is 22.2 Å². The maximum absolute atomic E-state index is 11.5. The van der Waals surface area contributed by atoms with E-state index in [1.54, 1.807) is 24.5 Å². The van der Waals surface area contributed by atoms with Crippen LogP contribution >= 0.6 is 11.6 Å². The van der Waals surface area contributed by atoms with Gasteiger partial charge in [-0.25, -0.2) is 23.5 Å². The first kappa shape index (κ1) is 18.4. The van der Waals surface area contributed by atoms with Gasteiger partial charge in [-0.05, 0) is 29.8 Å². The molecule has 0 aliphatic heterocycles. The summed E-state index contributed by atoms with van der Waals surface area (Å²) in [6.45, 7) is 0.367. The first-order chi connectivity index (χ1) is 13.4. The van der Waals surface area contributed by atoms with Crippen LogP contribution in [0.25, 0.3) is 22.3 Å². The van der Waals surface area contributed by atoms with Gasteiger partial charge in [-0.3, -0.25) is 4.98 Å². The van der Waals surface area contributed by atoms with Gasteiger partial charge in [-0.2, -0.15) is 0 Å². The van der Waals surface area contributed by atoms with Gasteiger partial charge < -0.3 is 10.3 Å². The number of anilines is 1. The first-order valence-electron chi connectivity index (χ1n) is 8.21. The lowest BCUT2D eigenvalue weighted by Gasteiger charge is -2.07. The summed E-state index contributed by atoms with van der Waals surface area (Å²) in [7, 11) is -3.75. The Balaban J connectivity index is 1.64. The minimum atomic E-state index is -3.75. The normalized spacial score (nSPS) is 11.6. The summed E-state index contributed by atoms with van der Waals surface area (Å²) in [4.78, 5) is 15.8. The van der Waals surface area contributed by atoms with Gasteiger partial charge in [0.15, 0.2) is 0 Å². The molecule has 4 aromatic rings. The third-order valence-corrected chi connectivity index (χ3v) is 5.39. The molecular weight excluding hydrogens is 400 g/mol. The number of fused-ring (bicyclic) bond motifs is 1. The minimum absolute atomic E-state index is 0.0656. The summed E-state index contributed by atoms with van der Waals surface area (Å²) in [5.41, 5.74) is 3.01. The lowest BCUT2D eigenvalue weighted by atomic mass is 10.2. The van der Waals surface area contributed by atoms with Crippen molar-refractivity contribution in [1.29, 1.82) is 0 Å². The summed E-state index contributed by atoms with van der Waals surface area (Å²) in [5, 5.41) is 9.71. The van der Waals surface area contributed by atoms with Crippen LogP contribution in [-0.4, -0.2) is 28.4 Å². The van der Waals surface area contributed by atoms with Gasteiger partial charge in [0.25, 0.3) is 0 Å². The summed E-state index contributed by atoms with van der Waals surface area (Å²) in [6, 6.07) is 10.1. The zero-order valence-corrected chi connectivity index (χ0v) is 16.0. The molecular formula is C18H15ClN6O2S. The molecule has 0 aliphatic rings. The highest BCUT2D eigenvalue weighted by molar-refractivity contribution is 7.89. The van der Waals surface area contributed by atoms with Crippen LogP contribution in [0.2, 0.25) is 5.02 Å². The number of halogens is 1. The largest absolute Gasteiger partial charge is 0.365 e. The fourth-order valence-corrected chi connectivity index (χ4v) is 3.64. The molecule has 0 aliphatic carbocycles. The molecule has 142 valence electrons. The molecule has 1 aromatic carbocycles. The number of aromatic amines is 1. The topological polar surface area (TPSA) is 127 Å². The summed E-state index contributed by atoms with van der Waals surface area (Å²) >= 11 is 6.23. The van der Waals surface area contributed by atoms with Crippen LogP contribution in [-0.2, 0) is 16.6 Å². The molecule has 28 heavy (non-hydrogen) atoms. The molecule has 4 rings (SSSR count). The van der Waals surface area contributed by atoms with E-state index in [0.29, 0.717) is 23.0 Å². The van der Waals surface area contributed by atoms with E-state index in [1.165, 1.54) is 18.5 Å². The van der Waals surface area contributed by atoms with E-state index in [-0.39, 0.29) is 4.90 Å². The number of nitrogens with one attached hydrogen (secondary N) is 2. The second-order valence-electron chi connectivity index (χ2n) is 6.07. The molecule has 10 heteroatoms. The molecule has 3 heterocycles. The van der Waals surface area contributed by atoms with Gasteiger partial charge in [0.1, 0.15) is 17.8 Å². The molecule has 0 amide bonds. The minimum Gasteiger partial charge on any atom is -0.365 e. The Morgan fingerprint density at radius 3 is 2.82 bits per heavy atom. The molecule has 0 saturated heterocycles. The van der Waals surface area contributed by atoms with Gasteiger partial charge in [0, 0.05) is 30.2 Å². The molecule has 0 saturated carbocycles. The molecule has 0 spiro atoms. The van der Waals surface area contributed by atoms with E-state index in [2.05, 4.69) is 25.3 Å². The number of hydrogen-bond acceptors (Lipinski definition) is 6. The highest BCUT2D eigenvalue weighted by Gasteiger charge is 2.12. The standard InChI is InChI=1S/C18H15ClN6O2S/c19-15-9-21-5-4-13(15)16-7-14-17(23-10-24-18(14)25-16)22-8-11-2-1-3-12(6-11)28(20,26)27/h1-7,9-10H,8H2,(H2,20,26,27)(H2,22,23,24,25). The Labute approximate surface area is 165 Å². The van der Waals surface area contributed by atoms with Crippen LogP contribution in [0, 0.1) is 0 Å². The zero-order chi connectivity index (χ0) is 19.7. The number of benzene rings is 1. The SMILES string of the molecule is NS(=O)(=O)c1cccc(CNc2ncnc3[nH]c(-c4ccncc4Cl)cc23)c1. The van der Waals surface area contributed by atoms with Gasteiger partial charge >= 0.3 is 0 Å². The number of hydrogen-bond donors (Lipinski definition) is 3. The third kappa shape index (κ3) is 3.68. The molecule has 0 radical (unpaired) electrons. The average Bonchev–Trinajstić information content (AvgIpc) is 3.11. The fourth-order valence-electron chi connectivity index (χ4n) is 2.84. The maximum atomic E-state index is 11.5. The van der Waals surface area contributed by atoms with Crippen molar-refractivity contribution in [1.82, 2.24) is 19.9 Å². The van der Waals surface area contributed by atoms with E-state index < -0.39 is 10.0 Å². The maximum Gasteiger partial charge on any atom is 0.238 e. The Kier molecular flexibility index (Phi) is 4.71. The number of nitrogens with two attached hydrogens (primary N) is 1. The van der Waals surface area contributed by atoms with Crippen LogP contribution in [0.1, 0.15) is 5.56 Å². The van der Waals surface area contributed by atoms with Gasteiger partial charge in [0.2, 0.25) is 10.0 Å². The third-order valence-electron chi connectivity index (χ3n) is 4.18. The Morgan fingerprint density at radius 1 is 1.18 bits per heavy atom. The van der Waals surface area contributed by atoms with Crippen LogP contribution in [0.15, 0.2) is 60.0 Å². The second kappa shape index (κ2) is 7.19. The van der Waals surface area contributed by atoms with Crippen LogP contribution < -0.4 is 10.5 Å². The van der Waals surface area contributed by atoms with Crippen molar-refractivity contribution < 1.29 is 8.42 Å². The van der Waals surface area contributed by atoms with Crippen molar-refractivity contribution >= 4 is 38.5 Å². The van der Waals surface area contributed by atoms with Crippen molar-refractivity contribution in [2.24, 2.45) is 5.14 Å². The van der Waals surface area contributed by atoms with Crippen molar-refractivity contribution in [3.05, 3.63) is 65.7 Å². The van der Waals surface area contributed by atoms with Gasteiger partial charge in [-0.1, -0.05) is 23.7 Å². The highest BCUT2D eigenvalue weighted by Crippen LogP contribution is 2.30. The number of pyridine rings is 1. The molecule has 0 fully saturated rings. The van der Waals surface area contributed by atoms with Crippen molar-refractivity contribution in [2.45, 2.75) is 11.4 Å². The Bertz CT molecular complexity index is 1270. The predicted octanol–water partition coefficient (Wildman–Crippen LogP) is 2.93. The lowest BCUT2D eigenvalue weighted by Crippen LogP contribution is -2.12. The molecule has 4 N–H and O–H groups in total. The van der Waals surface area contributed by atoms with Crippen LogP contribution in [0.3, 0.4) is 0 Å². The van der Waals surface area contributed by atoms with Crippen molar-refractivity contribution in [2.75, 3.05) is 5.32 Å². The highest BCUT2D eigenvalue weighted by atomic mass is 35.5. The van der Waals surface area contributed by atoms with Gasteiger partial charge in [0.05, 0.1) is 15.3 Å². The summed E-state index contributed by atoms with van der Waals surface area (Å²) in [6.07, 6.45) is 4.68. The Morgan fingerprint density at radius 2 is 2.04 bits per heavy atom. The van der Waals surface area contributed by atoms with E-state index in [4.69, 9.17) is 16.7 Å². The molecule has 0 bridgehead atoms. The molecule has 8 nitrogen and oxygen atoms in total. The van der Waals surface area contributed by atoms with E-state index >= 15 is 0 Å². The zero-order valence-electron chi connectivity index (χ0n) is 14.4. The number of rotatable bonds is 5. The smallest absolute Gasteiger partial charge is 0.238 e. The fraction of sp³-hybridized carbons (Fsp3) is 0.0556. The quantitative estimate of drug-likeness (QED) is 0.460. The van der Waals surface area contributed by atoms with Crippen LogP contribution in [0.5, 0.6) is 0 Å². The van der Waals surface area contributed by atoms with Crippen molar-refractivity contribution in [3.63, 3.8) is 0 Å². The number of primary sulfonamides is 1. The molecule has 0 unspecified atom stereocenters. The molecule has 3 aromatic heterocycles. The Hall–Kier alpha value is -3.01. The first-order valence-corrected chi connectivity index (χ1v) is 10.1. The second-order valence-corrected chi connectivity index (χ2v) is 8.04. The number of sulfonamides is 1. The monoisotopic (exact) mass is 414 g/mol. The lowest BCUT2D eigenvalue weighted by molar-refractivity contribution is 0.597.